The number of carbonyl (C=O) groups excluding carboxylic acids is 1. The van der Waals surface area contributed by atoms with E-state index in [0.717, 1.165) is 16.7 Å². The van der Waals surface area contributed by atoms with Crippen molar-refractivity contribution >= 4 is 27.5 Å². The van der Waals surface area contributed by atoms with Crippen molar-refractivity contribution in [3.05, 3.63) is 58.6 Å². The molecule has 0 atom stereocenters. The average Bonchev–Trinajstić information content (AvgIpc) is 2.55. The zero-order valence-corrected chi connectivity index (χ0v) is 14.3. The second-order valence-corrected chi connectivity index (χ2v) is 5.71. The van der Waals surface area contributed by atoms with Crippen LogP contribution in [0.25, 0.3) is 0 Å². The summed E-state index contributed by atoms with van der Waals surface area (Å²) in [7, 11) is 3.59. The van der Waals surface area contributed by atoms with Crippen LogP contribution in [0.5, 0.6) is 5.75 Å². The van der Waals surface area contributed by atoms with Crippen LogP contribution >= 0.6 is 15.9 Å². The maximum absolute atomic E-state index is 12.2. The van der Waals surface area contributed by atoms with Crippen LogP contribution in [0, 0.1) is 0 Å². The second-order valence-electron chi connectivity index (χ2n) is 4.86. The zero-order valence-electron chi connectivity index (χ0n) is 12.7. The van der Waals surface area contributed by atoms with Gasteiger partial charge in [0.15, 0.2) is 0 Å². The highest BCUT2D eigenvalue weighted by Crippen LogP contribution is 2.22. The Balaban J connectivity index is 1.90. The first kappa shape index (κ1) is 16.4. The number of nitrogens with zero attached hydrogens (tertiary/aromatic N) is 1. The number of anilines is 1. The summed E-state index contributed by atoms with van der Waals surface area (Å²) in [4.78, 5) is 14.3. The van der Waals surface area contributed by atoms with Gasteiger partial charge in [0.1, 0.15) is 5.75 Å². The van der Waals surface area contributed by atoms with E-state index in [1.807, 2.05) is 49.5 Å². The lowest BCUT2D eigenvalue weighted by Crippen LogP contribution is -2.33. The third-order valence-electron chi connectivity index (χ3n) is 3.35. The smallest absolute Gasteiger partial charge is 0.252 e. The molecule has 1 N–H and O–H groups in total. The fraction of sp³-hybridized carbons (Fsp3) is 0.235. The lowest BCUT2D eigenvalue weighted by Gasteiger charge is -2.19. The van der Waals surface area contributed by atoms with Crippen molar-refractivity contribution in [1.82, 2.24) is 5.32 Å². The molecule has 0 unspecified atom stereocenters. The molecular weight excluding hydrogens is 344 g/mol. The third kappa shape index (κ3) is 4.24. The first-order chi connectivity index (χ1) is 10.6. The molecule has 0 aliphatic rings. The van der Waals surface area contributed by atoms with Crippen LogP contribution in [0.3, 0.4) is 0 Å². The maximum atomic E-state index is 12.2. The summed E-state index contributed by atoms with van der Waals surface area (Å²) >= 11 is 3.39. The van der Waals surface area contributed by atoms with Gasteiger partial charge in [-0.25, -0.2) is 0 Å². The van der Waals surface area contributed by atoms with Gasteiger partial charge in [0.2, 0.25) is 0 Å². The fourth-order valence-electron chi connectivity index (χ4n) is 2.05. The number of amides is 1. The number of para-hydroxylation sites is 1. The van der Waals surface area contributed by atoms with Crippen LogP contribution in [-0.4, -0.2) is 33.2 Å². The molecule has 0 heterocycles. The SMILES string of the molecule is COc1ccc(Br)c(C(=O)NCCN(C)c2ccccc2)c1. The molecule has 116 valence electrons. The molecule has 0 spiro atoms. The number of rotatable bonds is 6. The van der Waals surface area contributed by atoms with Gasteiger partial charge in [-0.05, 0) is 46.3 Å². The van der Waals surface area contributed by atoms with Gasteiger partial charge in [-0.3, -0.25) is 4.79 Å². The predicted molar refractivity (Wildman–Crippen MR) is 92.7 cm³/mol. The molecule has 0 aliphatic heterocycles. The first-order valence-corrected chi connectivity index (χ1v) is 7.79. The molecule has 2 aromatic rings. The highest BCUT2D eigenvalue weighted by Gasteiger charge is 2.11. The van der Waals surface area contributed by atoms with Gasteiger partial charge in [-0.2, -0.15) is 0 Å². The Morgan fingerprint density at radius 1 is 1.23 bits per heavy atom. The first-order valence-electron chi connectivity index (χ1n) is 6.99. The van der Waals surface area contributed by atoms with E-state index in [2.05, 4.69) is 26.1 Å². The minimum absolute atomic E-state index is 0.118. The van der Waals surface area contributed by atoms with Crippen molar-refractivity contribution in [2.45, 2.75) is 0 Å². The summed E-state index contributed by atoms with van der Waals surface area (Å²) in [5.74, 6) is 0.544. The Hall–Kier alpha value is -2.01. The average molecular weight is 363 g/mol. The molecule has 0 aliphatic carbocycles. The van der Waals surface area contributed by atoms with E-state index in [-0.39, 0.29) is 5.91 Å². The van der Waals surface area contributed by atoms with Crippen molar-refractivity contribution in [2.75, 3.05) is 32.1 Å². The molecule has 0 bridgehead atoms. The molecule has 5 heteroatoms. The molecule has 0 saturated carbocycles. The summed E-state index contributed by atoms with van der Waals surface area (Å²) < 4.78 is 5.90. The van der Waals surface area contributed by atoms with E-state index in [1.165, 1.54) is 0 Å². The number of halogens is 1. The lowest BCUT2D eigenvalue weighted by atomic mass is 10.2. The van der Waals surface area contributed by atoms with E-state index in [0.29, 0.717) is 17.9 Å². The van der Waals surface area contributed by atoms with E-state index in [1.54, 1.807) is 13.2 Å². The van der Waals surface area contributed by atoms with Crippen molar-refractivity contribution in [3.63, 3.8) is 0 Å². The van der Waals surface area contributed by atoms with Gasteiger partial charge in [0.25, 0.3) is 5.91 Å². The van der Waals surface area contributed by atoms with Crippen LogP contribution in [-0.2, 0) is 0 Å². The van der Waals surface area contributed by atoms with Crippen molar-refractivity contribution in [3.8, 4) is 5.75 Å². The number of benzene rings is 2. The quantitative estimate of drug-likeness (QED) is 0.856. The lowest BCUT2D eigenvalue weighted by molar-refractivity contribution is 0.0953. The van der Waals surface area contributed by atoms with Gasteiger partial charge in [-0.15, -0.1) is 0 Å². The Morgan fingerprint density at radius 2 is 1.95 bits per heavy atom. The predicted octanol–water partition coefficient (Wildman–Crippen LogP) is 3.32. The van der Waals surface area contributed by atoms with E-state index < -0.39 is 0 Å². The summed E-state index contributed by atoms with van der Waals surface area (Å²) in [5, 5.41) is 2.93. The van der Waals surface area contributed by atoms with Crippen LogP contribution in [0.4, 0.5) is 5.69 Å². The Bertz CT molecular complexity index is 632. The Kier molecular flexibility index (Phi) is 5.83. The number of nitrogens with one attached hydrogen (secondary N) is 1. The minimum Gasteiger partial charge on any atom is -0.497 e. The fourth-order valence-corrected chi connectivity index (χ4v) is 2.48. The van der Waals surface area contributed by atoms with Crippen LogP contribution in [0.2, 0.25) is 0 Å². The molecule has 2 aromatic carbocycles. The van der Waals surface area contributed by atoms with E-state index >= 15 is 0 Å². The molecular formula is C17H19BrN2O2. The molecule has 0 aromatic heterocycles. The maximum Gasteiger partial charge on any atom is 0.252 e. The zero-order chi connectivity index (χ0) is 15.9. The molecule has 22 heavy (non-hydrogen) atoms. The van der Waals surface area contributed by atoms with Gasteiger partial charge in [-0.1, -0.05) is 18.2 Å². The van der Waals surface area contributed by atoms with Crippen molar-refractivity contribution < 1.29 is 9.53 Å². The number of hydrogen-bond donors (Lipinski definition) is 1. The minimum atomic E-state index is -0.118. The molecule has 2 rings (SSSR count). The summed E-state index contributed by atoms with van der Waals surface area (Å²) in [5.41, 5.74) is 1.70. The highest BCUT2D eigenvalue weighted by atomic mass is 79.9. The molecule has 0 radical (unpaired) electrons. The van der Waals surface area contributed by atoms with Crippen LogP contribution in [0.15, 0.2) is 53.0 Å². The Morgan fingerprint density at radius 3 is 2.64 bits per heavy atom. The standard InChI is InChI=1S/C17H19BrN2O2/c1-20(13-6-4-3-5-7-13)11-10-19-17(21)15-12-14(22-2)8-9-16(15)18/h3-9,12H,10-11H2,1-2H3,(H,19,21). The monoisotopic (exact) mass is 362 g/mol. The number of ether oxygens (including phenoxy) is 1. The van der Waals surface area contributed by atoms with Crippen molar-refractivity contribution in [1.29, 1.82) is 0 Å². The third-order valence-corrected chi connectivity index (χ3v) is 4.04. The second kappa shape index (κ2) is 7.84. The number of hydrogen-bond acceptors (Lipinski definition) is 3. The molecule has 0 saturated heterocycles. The topological polar surface area (TPSA) is 41.6 Å². The van der Waals surface area contributed by atoms with Crippen molar-refractivity contribution in [2.24, 2.45) is 0 Å². The summed E-state index contributed by atoms with van der Waals surface area (Å²) in [6.45, 7) is 1.30. The normalized spacial score (nSPS) is 10.1. The number of methoxy groups -OCH3 is 1. The highest BCUT2D eigenvalue weighted by molar-refractivity contribution is 9.10. The van der Waals surface area contributed by atoms with Crippen LogP contribution < -0.4 is 15.0 Å². The number of likely N-dealkylation sites (N-methyl/N-ethyl adjacent to an activating group) is 1. The number of carbonyl (C=O) groups is 1. The molecule has 1 amide bonds. The summed E-state index contributed by atoms with van der Waals surface area (Å²) in [6.07, 6.45) is 0. The van der Waals surface area contributed by atoms with E-state index in [9.17, 15) is 4.79 Å². The van der Waals surface area contributed by atoms with Gasteiger partial charge in [0, 0.05) is 30.3 Å². The van der Waals surface area contributed by atoms with E-state index in [4.69, 9.17) is 4.74 Å². The molecule has 4 nitrogen and oxygen atoms in total. The van der Waals surface area contributed by atoms with Crippen LogP contribution in [0.1, 0.15) is 10.4 Å². The van der Waals surface area contributed by atoms with Gasteiger partial charge in [0.05, 0.1) is 12.7 Å². The van der Waals surface area contributed by atoms with Gasteiger partial charge < -0.3 is 15.0 Å². The Labute approximate surface area is 139 Å². The summed E-state index contributed by atoms with van der Waals surface area (Å²) in [6, 6.07) is 15.4. The largest absolute Gasteiger partial charge is 0.497 e. The molecule has 0 fully saturated rings. The van der Waals surface area contributed by atoms with Gasteiger partial charge >= 0.3 is 0 Å².